The maximum Gasteiger partial charge on any atom is 0.0148 e. The lowest BCUT2D eigenvalue weighted by atomic mass is 9.97. The number of hydrogen-bond donors (Lipinski definition) is 1. The molecular formula is C28H41N. The molecule has 0 aliphatic heterocycles. The molecular weight excluding hydrogens is 350 g/mol. The van der Waals surface area contributed by atoms with Crippen molar-refractivity contribution >= 4 is 0 Å². The second-order valence-electron chi connectivity index (χ2n) is 8.44. The Labute approximate surface area is 179 Å². The van der Waals surface area contributed by atoms with E-state index in [0.717, 1.165) is 32.2 Å². The molecule has 1 aromatic carbocycles. The number of hydrogen-bond acceptors (Lipinski definition) is 1. The molecule has 0 saturated heterocycles. The topological polar surface area (TPSA) is 12.0 Å². The van der Waals surface area contributed by atoms with Gasteiger partial charge in [-0.1, -0.05) is 75.8 Å². The summed E-state index contributed by atoms with van der Waals surface area (Å²) >= 11 is 0. The van der Waals surface area contributed by atoms with Crippen molar-refractivity contribution in [2.75, 3.05) is 6.54 Å². The number of benzene rings is 1. The Morgan fingerprint density at radius 2 is 1.69 bits per heavy atom. The first-order valence-corrected chi connectivity index (χ1v) is 11.6. The van der Waals surface area contributed by atoms with Crippen LogP contribution in [0.2, 0.25) is 0 Å². The van der Waals surface area contributed by atoms with E-state index in [1.165, 1.54) is 47.1 Å². The summed E-state index contributed by atoms with van der Waals surface area (Å²) in [7, 11) is 0. The van der Waals surface area contributed by atoms with Crippen molar-refractivity contribution < 1.29 is 0 Å². The number of fused-ring (bicyclic) bond motifs is 1. The number of nitrogens with one attached hydrogen (secondary N) is 1. The van der Waals surface area contributed by atoms with Gasteiger partial charge in [-0.05, 0) is 92.3 Å². The summed E-state index contributed by atoms with van der Waals surface area (Å²) in [6, 6.07) is 5.51. The van der Waals surface area contributed by atoms with E-state index in [-0.39, 0.29) is 0 Å². The quantitative estimate of drug-likeness (QED) is 0.398. The molecule has 29 heavy (non-hydrogen) atoms. The van der Waals surface area contributed by atoms with Crippen molar-refractivity contribution in [3.63, 3.8) is 0 Å². The molecule has 0 heterocycles. The SMILES string of the molecule is C=C/C=C(/CCNC1Cc2cc(CC)c(CC)cc2C1)C(/C=C\CCC)=C(C)C. The van der Waals surface area contributed by atoms with Gasteiger partial charge in [0.05, 0.1) is 0 Å². The molecule has 1 aromatic rings. The van der Waals surface area contributed by atoms with Gasteiger partial charge in [0.15, 0.2) is 0 Å². The van der Waals surface area contributed by atoms with Crippen molar-refractivity contribution in [3.05, 3.63) is 82.0 Å². The monoisotopic (exact) mass is 391 g/mol. The van der Waals surface area contributed by atoms with Crippen LogP contribution in [0.4, 0.5) is 0 Å². The zero-order chi connectivity index (χ0) is 21.2. The van der Waals surface area contributed by atoms with Gasteiger partial charge in [-0.2, -0.15) is 0 Å². The van der Waals surface area contributed by atoms with Gasteiger partial charge in [-0.3, -0.25) is 0 Å². The highest BCUT2D eigenvalue weighted by Crippen LogP contribution is 2.27. The Bertz CT molecular complexity index is 739. The predicted octanol–water partition coefficient (Wildman–Crippen LogP) is 7.06. The zero-order valence-electron chi connectivity index (χ0n) is 19.4. The smallest absolute Gasteiger partial charge is 0.0148 e. The third kappa shape index (κ3) is 6.57. The summed E-state index contributed by atoms with van der Waals surface area (Å²) in [5.74, 6) is 0. The second kappa shape index (κ2) is 12.0. The van der Waals surface area contributed by atoms with Crippen LogP contribution in [0.3, 0.4) is 0 Å². The Morgan fingerprint density at radius 3 is 2.17 bits per heavy atom. The number of unbranched alkanes of at least 4 members (excludes halogenated alkanes) is 1. The van der Waals surface area contributed by atoms with Gasteiger partial charge in [0.2, 0.25) is 0 Å². The summed E-state index contributed by atoms with van der Waals surface area (Å²) in [6.07, 6.45) is 16.7. The molecule has 1 nitrogen and oxygen atoms in total. The molecule has 0 bridgehead atoms. The van der Waals surface area contributed by atoms with Crippen LogP contribution in [0.15, 0.2) is 59.7 Å². The molecule has 2 rings (SSSR count). The van der Waals surface area contributed by atoms with Crippen LogP contribution < -0.4 is 5.32 Å². The van der Waals surface area contributed by atoms with Gasteiger partial charge in [0, 0.05) is 6.04 Å². The van der Waals surface area contributed by atoms with Gasteiger partial charge in [-0.25, -0.2) is 0 Å². The normalized spacial score (nSPS) is 14.4. The fourth-order valence-corrected chi connectivity index (χ4v) is 4.40. The first-order chi connectivity index (χ1) is 14.0. The lowest BCUT2D eigenvalue weighted by molar-refractivity contribution is 0.536. The molecule has 0 unspecified atom stereocenters. The fraction of sp³-hybridized carbons (Fsp3) is 0.500. The van der Waals surface area contributed by atoms with Crippen molar-refractivity contribution in [2.24, 2.45) is 0 Å². The van der Waals surface area contributed by atoms with E-state index in [9.17, 15) is 0 Å². The minimum Gasteiger partial charge on any atom is -0.313 e. The van der Waals surface area contributed by atoms with Gasteiger partial charge in [0.25, 0.3) is 0 Å². The highest BCUT2D eigenvalue weighted by Gasteiger charge is 2.22. The van der Waals surface area contributed by atoms with E-state index in [2.05, 4.69) is 76.9 Å². The van der Waals surface area contributed by atoms with Crippen LogP contribution in [-0.2, 0) is 25.7 Å². The largest absolute Gasteiger partial charge is 0.313 e. The standard InChI is InChI=1S/C28H41N/c1-7-11-12-14-28(21(5)6)24(13-8-2)15-16-29-27-19-25-17-22(9-3)23(10-4)18-26(25)20-27/h8,12-14,17-18,27,29H,2,7,9-11,15-16,19-20H2,1,3-6H3/b14-12-,24-13-. The van der Waals surface area contributed by atoms with Crippen LogP contribution in [0.25, 0.3) is 0 Å². The molecule has 158 valence electrons. The molecule has 0 spiro atoms. The van der Waals surface area contributed by atoms with Crippen LogP contribution in [-0.4, -0.2) is 12.6 Å². The number of rotatable bonds is 11. The first-order valence-electron chi connectivity index (χ1n) is 11.6. The van der Waals surface area contributed by atoms with E-state index in [1.807, 2.05) is 6.08 Å². The summed E-state index contributed by atoms with van der Waals surface area (Å²) in [5.41, 5.74) is 10.3. The minimum atomic E-state index is 0.567. The van der Waals surface area contributed by atoms with Crippen molar-refractivity contribution in [3.8, 4) is 0 Å². The highest BCUT2D eigenvalue weighted by atomic mass is 14.9. The number of aryl methyl sites for hydroxylation is 2. The van der Waals surface area contributed by atoms with Crippen molar-refractivity contribution in [2.45, 2.75) is 85.6 Å². The summed E-state index contributed by atoms with van der Waals surface area (Å²) < 4.78 is 0. The fourth-order valence-electron chi connectivity index (χ4n) is 4.40. The van der Waals surface area contributed by atoms with Gasteiger partial charge < -0.3 is 5.32 Å². The average molecular weight is 392 g/mol. The summed E-state index contributed by atoms with van der Waals surface area (Å²) in [6.45, 7) is 16.1. The first kappa shape index (κ1) is 23.4. The molecule has 0 atom stereocenters. The Morgan fingerprint density at radius 1 is 1.07 bits per heavy atom. The molecule has 1 aliphatic carbocycles. The molecule has 0 fully saturated rings. The third-order valence-electron chi connectivity index (χ3n) is 5.99. The molecule has 0 saturated carbocycles. The summed E-state index contributed by atoms with van der Waals surface area (Å²) in [5, 5.41) is 3.83. The van der Waals surface area contributed by atoms with E-state index < -0.39 is 0 Å². The molecule has 1 N–H and O–H groups in total. The van der Waals surface area contributed by atoms with E-state index >= 15 is 0 Å². The maximum atomic E-state index is 3.94. The number of allylic oxidation sites excluding steroid dienone is 6. The molecule has 0 radical (unpaired) electrons. The van der Waals surface area contributed by atoms with Crippen LogP contribution in [0.1, 0.15) is 76.1 Å². The lowest BCUT2D eigenvalue weighted by Gasteiger charge is -2.15. The van der Waals surface area contributed by atoms with Gasteiger partial charge in [0.1, 0.15) is 0 Å². The lowest BCUT2D eigenvalue weighted by Crippen LogP contribution is -2.30. The maximum absolute atomic E-state index is 3.94. The van der Waals surface area contributed by atoms with Crippen LogP contribution in [0, 0.1) is 0 Å². The van der Waals surface area contributed by atoms with E-state index in [4.69, 9.17) is 0 Å². The van der Waals surface area contributed by atoms with E-state index in [1.54, 1.807) is 11.1 Å². The van der Waals surface area contributed by atoms with E-state index in [0.29, 0.717) is 6.04 Å². The zero-order valence-corrected chi connectivity index (χ0v) is 19.4. The third-order valence-corrected chi connectivity index (χ3v) is 5.99. The Balaban J connectivity index is 1.99. The molecule has 1 aliphatic rings. The molecule has 1 heteroatoms. The molecule has 0 amide bonds. The summed E-state index contributed by atoms with van der Waals surface area (Å²) in [4.78, 5) is 0. The van der Waals surface area contributed by atoms with Crippen LogP contribution in [0.5, 0.6) is 0 Å². The Kier molecular flexibility index (Phi) is 9.67. The van der Waals surface area contributed by atoms with Crippen molar-refractivity contribution in [1.29, 1.82) is 0 Å². The van der Waals surface area contributed by atoms with Crippen LogP contribution >= 0.6 is 0 Å². The highest BCUT2D eigenvalue weighted by molar-refractivity contribution is 5.44. The van der Waals surface area contributed by atoms with Gasteiger partial charge in [-0.15, -0.1) is 0 Å². The van der Waals surface area contributed by atoms with Crippen molar-refractivity contribution in [1.82, 2.24) is 5.32 Å². The second-order valence-corrected chi connectivity index (χ2v) is 8.44. The minimum absolute atomic E-state index is 0.567. The predicted molar refractivity (Wildman–Crippen MR) is 130 cm³/mol. The Hall–Kier alpha value is -1.86. The molecule has 0 aromatic heterocycles. The van der Waals surface area contributed by atoms with Gasteiger partial charge >= 0.3 is 0 Å². The average Bonchev–Trinajstić information content (AvgIpc) is 3.11.